The third-order valence-electron chi connectivity index (χ3n) is 4.27. The van der Waals surface area contributed by atoms with Crippen molar-refractivity contribution in [1.29, 1.82) is 0 Å². The first kappa shape index (κ1) is 12.7. The van der Waals surface area contributed by atoms with Gasteiger partial charge in [-0.3, -0.25) is 0 Å². The Morgan fingerprint density at radius 1 is 1.35 bits per heavy atom. The van der Waals surface area contributed by atoms with Gasteiger partial charge in [0.2, 0.25) is 0 Å². The second-order valence-electron chi connectivity index (χ2n) is 5.62. The van der Waals surface area contributed by atoms with Crippen molar-refractivity contribution in [3.8, 4) is 0 Å². The third-order valence-corrected chi connectivity index (χ3v) is 5.47. The van der Waals surface area contributed by atoms with Gasteiger partial charge in [0.1, 0.15) is 11.3 Å². The number of thioether (sulfide) groups is 1. The Bertz CT molecular complexity index is 600. The molecule has 2 saturated heterocycles. The molecule has 5 heteroatoms. The van der Waals surface area contributed by atoms with Crippen LogP contribution in [-0.2, 0) is 4.74 Å². The van der Waals surface area contributed by atoms with E-state index in [4.69, 9.17) is 9.72 Å². The largest absolute Gasteiger partial charge is 0.381 e. The van der Waals surface area contributed by atoms with Crippen LogP contribution in [0.25, 0.3) is 11.2 Å². The highest BCUT2D eigenvalue weighted by Gasteiger charge is 2.28. The molecule has 4 nitrogen and oxygen atoms in total. The molecule has 20 heavy (non-hydrogen) atoms. The second-order valence-corrected chi connectivity index (χ2v) is 6.77. The van der Waals surface area contributed by atoms with Gasteiger partial charge in [-0.25, -0.2) is 9.97 Å². The minimum Gasteiger partial charge on any atom is -0.381 e. The number of nitrogens with zero attached hydrogens (tertiary/aromatic N) is 3. The van der Waals surface area contributed by atoms with Gasteiger partial charge in [-0.15, -0.1) is 0 Å². The Balaban J connectivity index is 1.83. The summed E-state index contributed by atoms with van der Waals surface area (Å²) in [6, 6.07) is 4.60. The predicted molar refractivity (Wildman–Crippen MR) is 81.3 cm³/mol. The van der Waals surface area contributed by atoms with Crippen molar-refractivity contribution in [2.75, 3.05) is 24.7 Å². The van der Waals surface area contributed by atoms with E-state index in [0.29, 0.717) is 12.0 Å². The van der Waals surface area contributed by atoms with Crippen molar-refractivity contribution in [1.82, 2.24) is 14.5 Å². The summed E-state index contributed by atoms with van der Waals surface area (Å²) >= 11 is 2.05. The standard InChI is InChI=1S/C15H19N3OS/c1-4-13-15(16-6-1)18(12-3-2-8-20-10-12)14(17-13)11-5-7-19-9-11/h1,4,6,11-12H,2-3,5,7-10H2. The summed E-state index contributed by atoms with van der Waals surface area (Å²) in [5.74, 6) is 4.11. The maximum atomic E-state index is 5.57. The molecular formula is C15H19N3OS. The third kappa shape index (κ3) is 2.13. The summed E-state index contributed by atoms with van der Waals surface area (Å²) in [6.45, 7) is 1.67. The topological polar surface area (TPSA) is 39.9 Å². The lowest BCUT2D eigenvalue weighted by atomic mass is 10.1. The fraction of sp³-hybridized carbons (Fsp3) is 0.600. The second kappa shape index (κ2) is 5.37. The maximum absolute atomic E-state index is 5.57. The average Bonchev–Trinajstić information content (AvgIpc) is 3.15. The highest BCUT2D eigenvalue weighted by atomic mass is 32.2. The van der Waals surface area contributed by atoms with Crippen molar-refractivity contribution in [3.05, 3.63) is 24.2 Å². The normalized spacial score (nSPS) is 27.2. The number of hydrogen-bond acceptors (Lipinski definition) is 4. The summed E-state index contributed by atoms with van der Waals surface area (Å²) in [5, 5.41) is 0. The van der Waals surface area contributed by atoms with Crippen LogP contribution < -0.4 is 0 Å². The number of hydrogen-bond donors (Lipinski definition) is 0. The molecule has 0 bridgehead atoms. The molecule has 2 aromatic heterocycles. The molecule has 106 valence electrons. The van der Waals surface area contributed by atoms with Crippen LogP contribution >= 0.6 is 11.8 Å². The fourth-order valence-electron chi connectivity index (χ4n) is 3.26. The average molecular weight is 289 g/mol. The van der Waals surface area contributed by atoms with Crippen molar-refractivity contribution >= 4 is 22.9 Å². The first-order valence-electron chi connectivity index (χ1n) is 7.42. The first-order chi connectivity index (χ1) is 9.93. The molecule has 0 N–H and O–H groups in total. The number of pyridine rings is 1. The minimum atomic E-state index is 0.441. The van der Waals surface area contributed by atoms with Gasteiger partial charge >= 0.3 is 0 Å². The van der Waals surface area contributed by atoms with E-state index in [1.165, 1.54) is 30.2 Å². The molecule has 2 atom stereocenters. The molecular weight excluding hydrogens is 270 g/mol. The van der Waals surface area contributed by atoms with Gasteiger partial charge in [0.05, 0.1) is 6.61 Å². The molecule has 4 heterocycles. The predicted octanol–water partition coefficient (Wildman–Crippen LogP) is 3.00. The van der Waals surface area contributed by atoms with Crippen LogP contribution in [0.3, 0.4) is 0 Å². The van der Waals surface area contributed by atoms with Gasteiger partial charge < -0.3 is 9.30 Å². The number of rotatable bonds is 2. The van der Waals surface area contributed by atoms with Crippen LogP contribution in [0.2, 0.25) is 0 Å². The molecule has 0 spiro atoms. The smallest absolute Gasteiger partial charge is 0.160 e. The van der Waals surface area contributed by atoms with E-state index >= 15 is 0 Å². The van der Waals surface area contributed by atoms with E-state index < -0.39 is 0 Å². The monoisotopic (exact) mass is 289 g/mol. The van der Waals surface area contributed by atoms with Crippen LogP contribution in [0.5, 0.6) is 0 Å². The molecule has 4 rings (SSSR count). The molecule has 0 radical (unpaired) electrons. The Labute approximate surface area is 122 Å². The Morgan fingerprint density at radius 3 is 3.15 bits per heavy atom. The van der Waals surface area contributed by atoms with Crippen LogP contribution in [0.1, 0.15) is 37.0 Å². The van der Waals surface area contributed by atoms with Crippen molar-refractivity contribution in [3.63, 3.8) is 0 Å². The zero-order valence-electron chi connectivity index (χ0n) is 11.5. The van der Waals surface area contributed by atoms with Crippen LogP contribution in [0.4, 0.5) is 0 Å². The van der Waals surface area contributed by atoms with Gasteiger partial charge in [-0.05, 0) is 37.1 Å². The molecule has 2 unspecified atom stereocenters. The molecule has 2 aliphatic rings. The summed E-state index contributed by atoms with van der Waals surface area (Å²) in [4.78, 5) is 9.48. The van der Waals surface area contributed by atoms with Gasteiger partial charge in [-0.2, -0.15) is 11.8 Å². The molecule has 2 aromatic rings. The highest BCUT2D eigenvalue weighted by molar-refractivity contribution is 7.99. The van der Waals surface area contributed by atoms with Crippen LogP contribution in [0, 0.1) is 0 Å². The van der Waals surface area contributed by atoms with Crippen molar-refractivity contribution in [2.45, 2.75) is 31.2 Å². The lowest BCUT2D eigenvalue weighted by Crippen LogP contribution is -2.20. The van der Waals surface area contributed by atoms with Gasteiger partial charge in [-0.1, -0.05) is 0 Å². The Morgan fingerprint density at radius 2 is 2.35 bits per heavy atom. The fourth-order valence-corrected chi connectivity index (χ4v) is 4.39. The summed E-state index contributed by atoms with van der Waals surface area (Å²) < 4.78 is 7.99. The SMILES string of the molecule is c1cnc2c(c1)nc(C1CCOC1)n2C1CCCSC1. The summed E-state index contributed by atoms with van der Waals surface area (Å²) in [7, 11) is 0. The minimum absolute atomic E-state index is 0.441. The van der Waals surface area contributed by atoms with E-state index in [0.717, 1.165) is 30.8 Å². The molecule has 2 fully saturated rings. The Kier molecular flexibility index (Phi) is 3.40. The summed E-state index contributed by atoms with van der Waals surface area (Å²) in [6.07, 6.45) is 5.51. The van der Waals surface area contributed by atoms with E-state index in [9.17, 15) is 0 Å². The number of ether oxygens (including phenoxy) is 1. The molecule has 0 aromatic carbocycles. The summed E-state index contributed by atoms with van der Waals surface area (Å²) in [5.41, 5.74) is 2.09. The number of imidazole rings is 1. The first-order valence-corrected chi connectivity index (χ1v) is 8.57. The van der Waals surface area contributed by atoms with Crippen LogP contribution in [-0.4, -0.2) is 39.3 Å². The van der Waals surface area contributed by atoms with Crippen LogP contribution in [0.15, 0.2) is 18.3 Å². The van der Waals surface area contributed by atoms with Gasteiger partial charge in [0, 0.05) is 30.5 Å². The van der Waals surface area contributed by atoms with E-state index in [2.05, 4.69) is 27.4 Å². The lowest BCUT2D eigenvalue weighted by Gasteiger charge is -2.26. The molecule has 0 aliphatic carbocycles. The lowest BCUT2D eigenvalue weighted by molar-refractivity contribution is 0.192. The number of aromatic nitrogens is 3. The van der Waals surface area contributed by atoms with Crippen molar-refractivity contribution in [2.24, 2.45) is 0 Å². The Hall–Kier alpha value is -1.07. The number of fused-ring (bicyclic) bond motifs is 1. The molecule has 0 saturated carbocycles. The zero-order chi connectivity index (χ0) is 13.4. The van der Waals surface area contributed by atoms with E-state index in [1.807, 2.05) is 12.3 Å². The van der Waals surface area contributed by atoms with Gasteiger partial charge in [0.25, 0.3) is 0 Å². The molecule has 0 amide bonds. The van der Waals surface area contributed by atoms with E-state index in [1.54, 1.807) is 0 Å². The quantitative estimate of drug-likeness (QED) is 0.852. The highest BCUT2D eigenvalue weighted by Crippen LogP contribution is 2.34. The maximum Gasteiger partial charge on any atom is 0.160 e. The van der Waals surface area contributed by atoms with Gasteiger partial charge in [0.15, 0.2) is 5.65 Å². The zero-order valence-corrected chi connectivity index (χ0v) is 12.3. The molecule has 2 aliphatic heterocycles. The van der Waals surface area contributed by atoms with Crippen molar-refractivity contribution < 1.29 is 4.74 Å². The van der Waals surface area contributed by atoms with E-state index in [-0.39, 0.29) is 0 Å².